The average molecular weight is 513 g/mol. The minimum atomic E-state index is -0.268. The van der Waals surface area contributed by atoms with Crippen LogP contribution in [0, 0.1) is 0 Å². The number of anilines is 1. The lowest BCUT2D eigenvalue weighted by atomic mass is 9.90. The molecule has 3 amide bonds. The van der Waals surface area contributed by atoms with Crippen molar-refractivity contribution < 1.29 is 14.3 Å². The average Bonchev–Trinajstić information content (AvgIpc) is 3.35. The highest BCUT2D eigenvalue weighted by atomic mass is 35.5. The molecule has 4 rings (SSSR count). The molecule has 1 fully saturated rings. The number of rotatable bonds is 8. The highest BCUT2D eigenvalue weighted by Crippen LogP contribution is 2.21. The van der Waals surface area contributed by atoms with Crippen LogP contribution < -0.4 is 20.7 Å². The zero-order valence-electron chi connectivity index (χ0n) is 19.6. The molecule has 1 aliphatic rings. The lowest BCUT2D eigenvalue weighted by molar-refractivity contribution is 0.0911. The number of thiazole rings is 1. The van der Waals surface area contributed by atoms with Gasteiger partial charge in [-0.2, -0.15) is 0 Å². The second-order valence-electron chi connectivity index (χ2n) is 8.49. The standard InChI is InChI=1S/C26H29ClN4O3S/c1-2-17-7-11-19(12-8-17)28-26(33)31-22-6-4-3-5-21(22)30-25(32)23-16-35-24(29-23)15-34-20-13-9-18(27)10-14-20/h7-14,16,21-22H,2-6,15H2,1H3,(H,30,32)(H2,28,31,33)/t21-,22-/m1/s1. The van der Waals surface area contributed by atoms with E-state index in [1.54, 1.807) is 29.6 Å². The van der Waals surface area contributed by atoms with E-state index in [4.69, 9.17) is 16.3 Å². The highest BCUT2D eigenvalue weighted by Gasteiger charge is 2.28. The molecule has 0 unspecified atom stereocenters. The fourth-order valence-corrected chi connectivity index (χ4v) is 4.85. The number of benzene rings is 2. The number of halogens is 1. The molecular formula is C26H29ClN4O3S. The van der Waals surface area contributed by atoms with Crippen molar-refractivity contribution in [2.24, 2.45) is 0 Å². The predicted molar refractivity (Wildman–Crippen MR) is 139 cm³/mol. The van der Waals surface area contributed by atoms with Gasteiger partial charge in [0.25, 0.3) is 5.91 Å². The van der Waals surface area contributed by atoms with E-state index in [1.807, 2.05) is 24.3 Å². The summed E-state index contributed by atoms with van der Waals surface area (Å²) in [6.45, 7) is 2.36. The van der Waals surface area contributed by atoms with Gasteiger partial charge in [0, 0.05) is 22.1 Å². The molecule has 1 aromatic heterocycles. The van der Waals surface area contributed by atoms with E-state index in [-0.39, 0.29) is 30.6 Å². The van der Waals surface area contributed by atoms with Crippen molar-refractivity contribution in [3.8, 4) is 5.75 Å². The summed E-state index contributed by atoms with van der Waals surface area (Å²) in [6, 6.07) is 14.3. The molecule has 0 saturated heterocycles. The maximum atomic E-state index is 12.9. The molecule has 1 aliphatic carbocycles. The summed E-state index contributed by atoms with van der Waals surface area (Å²) < 4.78 is 5.72. The Morgan fingerprint density at radius 1 is 1.03 bits per heavy atom. The zero-order chi connectivity index (χ0) is 24.6. The van der Waals surface area contributed by atoms with Crippen LogP contribution in [0.3, 0.4) is 0 Å². The van der Waals surface area contributed by atoms with E-state index in [0.717, 1.165) is 37.8 Å². The molecule has 7 nitrogen and oxygen atoms in total. The fourth-order valence-electron chi connectivity index (χ4n) is 4.04. The summed E-state index contributed by atoms with van der Waals surface area (Å²) in [5.41, 5.74) is 2.31. The Balaban J connectivity index is 1.29. The van der Waals surface area contributed by atoms with Crippen molar-refractivity contribution in [3.05, 3.63) is 75.2 Å². The fraction of sp³-hybridized carbons (Fsp3) is 0.346. The van der Waals surface area contributed by atoms with Crippen LogP contribution in [0.25, 0.3) is 0 Å². The van der Waals surface area contributed by atoms with E-state index in [1.165, 1.54) is 16.9 Å². The van der Waals surface area contributed by atoms with E-state index in [9.17, 15) is 9.59 Å². The number of hydrogen-bond donors (Lipinski definition) is 3. The van der Waals surface area contributed by atoms with Crippen molar-refractivity contribution in [1.82, 2.24) is 15.6 Å². The quantitative estimate of drug-likeness (QED) is 0.355. The van der Waals surface area contributed by atoms with Gasteiger partial charge in [0.2, 0.25) is 0 Å². The van der Waals surface area contributed by atoms with Gasteiger partial charge in [0.05, 0.1) is 6.04 Å². The lowest BCUT2D eigenvalue weighted by Gasteiger charge is -2.32. The van der Waals surface area contributed by atoms with Crippen molar-refractivity contribution in [2.45, 2.75) is 57.7 Å². The van der Waals surface area contributed by atoms with E-state index < -0.39 is 0 Å². The third-order valence-electron chi connectivity index (χ3n) is 5.98. The Hall–Kier alpha value is -3.10. The van der Waals surface area contributed by atoms with Gasteiger partial charge in [-0.05, 0) is 61.2 Å². The van der Waals surface area contributed by atoms with Crippen molar-refractivity contribution in [2.75, 3.05) is 5.32 Å². The van der Waals surface area contributed by atoms with Crippen molar-refractivity contribution in [1.29, 1.82) is 0 Å². The molecule has 2 atom stereocenters. The van der Waals surface area contributed by atoms with Gasteiger partial charge in [-0.15, -0.1) is 11.3 Å². The Labute approximate surface area is 214 Å². The topological polar surface area (TPSA) is 92.4 Å². The van der Waals surface area contributed by atoms with Gasteiger partial charge in [0.15, 0.2) is 0 Å². The number of amides is 3. The van der Waals surface area contributed by atoms with Crippen LogP contribution in [0.4, 0.5) is 10.5 Å². The van der Waals surface area contributed by atoms with Gasteiger partial charge in [-0.1, -0.05) is 43.5 Å². The molecule has 2 aromatic carbocycles. The van der Waals surface area contributed by atoms with Crippen molar-refractivity contribution >= 4 is 40.6 Å². The first-order valence-corrected chi connectivity index (χ1v) is 13.1. The maximum Gasteiger partial charge on any atom is 0.319 e. The molecule has 35 heavy (non-hydrogen) atoms. The zero-order valence-corrected chi connectivity index (χ0v) is 21.1. The van der Waals surface area contributed by atoms with Crippen LogP contribution in [0.1, 0.15) is 53.7 Å². The number of hydrogen-bond acceptors (Lipinski definition) is 5. The van der Waals surface area contributed by atoms with Gasteiger partial charge in [-0.25, -0.2) is 9.78 Å². The first-order valence-electron chi connectivity index (χ1n) is 11.8. The third-order valence-corrected chi connectivity index (χ3v) is 7.05. The molecular weight excluding hydrogens is 484 g/mol. The van der Waals surface area contributed by atoms with E-state index in [0.29, 0.717) is 21.5 Å². The van der Waals surface area contributed by atoms with E-state index in [2.05, 4.69) is 27.9 Å². The number of carbonyl (C=O) groups excluding carboxylic acids is 2. The number of ether oxygens (including phenoxy) is 1. The molecule has 0 bridgehead atoms. The smallest absolute Gasteiger partial charge is 0.319 e. The van der Waals surface area contributed by atoms with Crippen LogP contribution in [-0.4, -0.2) is 29.0 Å². The number of aryl methyl sites for hydroxylation is 1. The predicted octanol–water partition coefficient (Wildman–Crippen LogP) is 5.80. The Kier molecular flexibility index (Phi) is 8.60. The van der Waals surface area contributed by atoms with Gasteiger partial charge < -0.3 is 20.7 Å². The van der Waals surface area contributed by atoms with E-state index >= 15 is 0 Å². The van der Waals surface area contributed by atoms with Gasteiger partial charge in [-0.3, -0.25) is 4.79 Å². The summed E-state index contributed by atoms with van der Waals surface area (Å²) in [7, 11) is 0. The van der Waals surface area contributed by atoms with Gasteiger partial charge in [0.1, 0.15) is 23.1 Å². The van der Waals surface area contributed by atoms with Gasteiger partial charge >= 0.3 is 6.03 Å². The minimum absolute atomic E-state index is 0.144. The summed E-state index contributed by atoms with van der Waals surface area (Å²) in [4.78, 5) is 29.9. The molecule has 3 N–H and O–H groups in total. The number of carbonyl (C=O) groups is 2. The number of nitrogens with zero attached hydrogens (tertiary/aromatic N) is 1. The number of urea groups is 1. The van der Waals surface area contributed by atoms with Crippen molar-refractivity contribution in [3.63, 3.8) is 0 Å². The molecule has 1 heterocycles. The first-order chi connectivity index (χ1) is 17.0. The highest BCUT2D eigenvalue weighted by molar-refractivity contribution is 7.09. The summed E-state index contributed by atoms with van der Waals surface area (Å²) in [5.74, 6) is 0.444. The third kappa shape index (κ3) is 7.19. The maximum absolute atomic E-state index is 12.9. The van der Waals surface area contributed by atoms with Crippen LogP contribution in [-0.2, 0) is 13.0 Å². The first kappa shape index (κ1) is 25.0. The molecule has 1 saturated carbocycles. The number of aromatic nitrogens is 1. The summed E-state index contributed by atoms with van der Waals surface area (Å²) in [5, 5.41) is 12.1. The Morgan fingerprint density at radius 3 is 2.40 bits per heavy atom. The molecule has 0 radical (unpaired) electrons. The van der Waals surface area contributed by atoms with Crippen LogP contribution in [0.15, 0.2) is 53.9 Å². The largest absolute Gasteiger partial charge is 0.486 e. The normalized spacial score (nSPS) is 17.4. The van der Waals surface area contributed by atoms with Crippen LogP contribution in [0.2, 0.25) is 5.02 Å². The monoisotopic (exact) mass is 512 g/mol. The summed E-state index contributed by atoms with van der Waals surface area (Å²) in [6.07, 6.45) is 4.57. The second kappa shape index (κ2) is 12.0. The Morgan fingerprint density at radius 2 is 1.71 bits per heavy atom. The molecule has 184 valence electrons. The molecule has 9 heteroatoms. The second-order valence-corrected chi connectivity index (χ2v) is 9.87. The van der Waals surface area contributed by atoms with Crippen LogP contribution in [0.5, 0.6) is 5.75 Å². The van der Waals surface area contributed by atoms with Crippen LogP contribution >= 0.6 is 22.9 Å². The molecule has 0 aliphatic heterocycles. The lowest BCUT2D eigenvalue weighted by Crippen LogP contribution is -2.54. The molecule has 3 aromatic rings. The Bertz CT molecular complexity index is 1130. The molecule has 0 spiro atoms. The summed E-state index contributed by atoms with van der Waals surface area (Å²) >= 11 is 7.27. The SMILES string of the molecule is CCc1ccc(NC(=O)N[C@@H]2CCCC[C@H]2NC(=O)c2csc(COc3ccc(Cl)cc3)n2)cc1. The number of nitrogens with one attached hydrogen (secondary N) is 3. The minimum Gasteiger partial charge on any atom is -0.486 e.